The Hall–Kier alpha value is -1.88. The van der Waals surface area contributed by atoms with Crippen molar-refractivity contribution in [1.29, 1.82) is 0 Å². The van der Waals surface area contributed by atoms with E-state index in [0.29, 0.717) is 23.7 Å². The molecular weight excluding hydrogens is 290 g/mol. The average Bonchev–Trinajstić information content (AvgIpc) is 2.55. The highest BCUT2D eigenvalue weighted by atomic mass is 16.2. The lowest BCUT2D eigenvalue weighted by Crippen LogP contribution is -2.36. The van der Waals surface area contributed by atoms with Crippen molar-refractivity contribution in [2.75, 3.05) is 27.2 Å². The van der Waals surface area contributed by atoms with Crippen molar-refractivity contribution in [2.24, 2.45) is 0 Å². The second-order valence-corrected chi connectivity index (χ2v) is 6.44. The summed E-state index contributed by atoms with van der Waals surface area (Å²) in [4.78, 5) is 26.2. The number of carbonyl (C=O) groups excluding carboxylic acids is 2. The molecule has 0 saturated heterocycles. The second kappa shape index (κ2) is 8.67. The van der Waals surface area contributed by atoms with Gasteiger partial charge < -0.3 is 15.5 Å². The molecule has 0 atom stereocenters. The van der Waals surface area contributed by atoms with Gasteiger partial charge >= 0.3 is 0 Å². The fourth-order valence-electron chi connectivity index (χ4n) is 2.78. The van der Waals surface area contributed by atoms with E-state index < -0.39 is 0 Å². The molecule has 2 rings (SSSR count). The summed E-state index contributed by atoms with van der Waals surface area (Å²) in [6.07, 6.45) is 5.79. The number of hydrogen-bond acceptors (Lipinski definition) is 3. The van der Waals surface area contributed by atoms with Crippen LogP contribution in [0.2, 0.25) is 0 Å². The predicted octanol–water partition coefficient (Wildman–Crippen LogP) is 2.04. The first-order valence-corrected chi connectivity index (χ1v) is 8.40. The van der Waals surface area contributed by atoms with Gasteiger partial charge in [-0.1, -0.05) is 19.3 Å². The second-order valence-electron chi connectivity index (χ2n) is 6.44. The molecule has 23 heavy (non-hydrogen) atoms. The van der Waals surface area contributed by atoms with Gasteiger partial charge in [0.2, 0.25) is 0 Å². The van der Waals surface area contributed by atoms with Crippen LogP contribution in [0.5, 0.6) is 0 Å². The van der Waals surface area contributed by atoms with Gasteiger partial charge in [0.25, 0.3) is 11.8 Å². The van der Waals surface area contributed by atoms with Gasteiger partial charge in [0.05, 0.1) is 0 Å². The van der Waals surface area contributed by atoms with Crippen molar-refractivity contribution in [2.45, 2.75) is 38.1 Å². The molecule has 1 saturated carbocycles. The van der Waals surface area contributed by atoms with Gasteiger partial charge in [0, 0.05) is 30.3 Å². The maximum atomic E-state index is 12.2. The first-order valence-electron chi connectivity index (χ1n) is 8.40. The molecule has 0 aromatic heterocycles. The van der Waals surface area contributed by atoms with Crippen molar-refractivity contribution < 1.29 is 9.59 Å². The van der Waals surface area contributed by atoms with Crippen LogP contribution in [0.1, 0.15) is 52.8 Å². The summed E-state index contributed by atoms with van der Waals surface area (Å²) < 4.78 is 0. The summed E-state index contributed by atoms with van der Waals surface area (Å²) >= 11 is 0. The van der Waals surface area contributed by atoms with Crippen molar-refractivity contribution in [3.63, 3.8) is 0 Å². The summed E-state index contributed by atoms with van der Waals surface area (Å²) in [7, 11) is 3.93. The predicted molar refractivity (Wildman–Crippen MR) is 91.7 cm³/mol. The summed E-state index contributed by atoms with van der Waals surface area (Å²) in [6, 6.07) is 7.16. The number of rotatable bonds is 6. The Morgan fingerprint density at radius 2 is 1.57 bits per heavy atom. The highest BCUT2D eigenvalue weighted by Crippen LogP contribution is 2.18. The number of nitrogens with one attached hydrogen (secondary N) is 2. The lowest BCUT2D eigenvalue weighted by atomic mass is 9.95. The lowest BCUT2D eigenvalue weighted by Gasteiger charge is -2.22. The lowest BCUT2D eigenvalue weighted by molar-refractivity contribution is 0.0922. The summed E-state index contributed by atoms with van der Waals surface area (Å²) in [5.41, 5.74) is 1.19. The van der Waals surface area contributed by atoms with Gasteiger partial charge in [-0.15, -0.1) is 0 Å². The molecule has 1 fully saturated rings. The zero-order valence-electron chi connectivity index (χ0n) is 14.1. The first kappa shape index (κ1) is 17.5. The highest BCUT2D eigenvalue weighted by Gasteiger charge is 2.16. The standard InChI is InChI=1S/C18H27N3O2/c1-21(2)13-12-19-17(22)14-8-10-15(11-9-14)18(23)20-16-6-4-3-5-7-16/h8-11,16H,3-7,12-13H2,1-2H3,(H,19,22)(H,20,23). The molecule has 0 spiro atoms. The van der Waals surface area contributed by atoms with Gasteiger partial charge in [-0.3, -0.25) is 9.59 Å². The molecule has 5 nitrogen and oxygen atoms in total. The van der Waals surface area contributed by atoms with E-state index in [2.05, 4.69) is 10.6 Å². The Morgan fingerprint density at radius 3 is 2.13 bits per heavy atom. The highest BCUT2D eigenvalue weighted by molar-refractivity contribution is 5.97. The topological polar surface area (TPSA) is 61.4 Å². The third-order valence-electron chi connectivity index (χ3n) is 4.19. The number of nitrogens with zero attached hydrogens (tertiary/aromatic N) is 1. The number of amides is 2. The molecule has 1 aliphatic carbocycles. The quantitative estimate of drug-likeness (QED) is 0.844. The maximum Gasteiger partial charge on any atom is 0.251 e. The fourth-order valence-corrected chi connectivity index (χ4v) is 2.78. The molecule has 0 heterocycles. The Morgan fingerprint density at radius 1 is 1.00 bits per heavy atom. The largest absolute Gasteiger partial charge is 0.351 e. The Labute approximate surface area is 138 Å². The first-order chi connectivity index (χ1) is 11.1. The van der Waals surface area contributed by atoms with Crippen LogP contribution in [0, 0.1) is 0 Å². The molecule has 1 aromatic rings. The van der Waals surface area contributed by atoms with E-state index in [4.69, 9.17) is 0 Å². The smallest absolute Gasteiger partial charge is 0.251 e. The van der Waals surface area contributed by atoms with E-state index in [1.165, 1.54) is 19.3 Å². The number of benzene rings is 1. The number of likely N-dealkylation sites (N-methyl/N-ethyl adjacent to an activating group) is 1. The van der Waals surface area contributed by atoms with Crippen LogP contribution in [0.25, 0.3) is 0 Å². The van der Waals surface area contributed by atoms with Gasteiger partial charge in [-0.2, -0.15) is 0 Å². The van der Waals surface area contributed by atoms with Gasteiger partial charge in [-0.05, 0) is 51.2 Å². The van der Waals surface area contributed by atoms with Crippen molar-refractivity contribution in [3.05, 3.63) is 35.4 Å². The number of carbonyl (C=O) groups is 2. The SMILES string of the molecule is CN(C)CCNC(=O)c1ccc(C(=O)NC2CCCCC2)cc1. The van der Waals surface area contributed by atoms with Crippen LogP contribution < -0.4 is 10.6 Å². The molecule has 0 radical (unpaired) electrons. The molecule has 5 heteroatoms. The molecule has 0 aliphatic heterocycles. The maximum absolute atomic E-state index is 12.2. The molecule has 126 valence electrons. The van der Waals surface area contributed by atoms with Crippen molar-refractivity contribution >= 4 is 11.8 Å². The Balaban J connectivity index is 1.85. The van der Waals surface area contributed by atoms with E-state index >= 15 is 0 Å². The minimum atomic E-state index is -0.105. The van der Waals surface area contributed by atoms with E-state index in [-0.39, 0.29) is 11.8 Å². The monoisotopic (exact) mass is 317 g/mol. The normalized spacial score (nSPS) is 15.4. The Bertz CT molecular complexity index is 520. The third-order valence-corrected chi connectivity index (χ3v) is 4.19. The molecular formula is C18H27N3O2. The van der Waals surface area contributed by atoms with Crippen molar-refractivity contribution in [3.8, 4) is 0 Å². The van der Waals surface area contributed by atoms with Crippen LogP contribution in [0.3, 0.4) is 0 Å². The summed E-state index contributed by atoms with van der Waals surface area (Å²) in [5, 5.41) is 5.95. The molecule has 1 aromatic carbocycles. The average molecular weight is 317 g/mol. The van der Waals surface area contributed by atoms with Gasteiger partial charge in [0.15, 0.2) is 0 Å². The molecule has 1 aliphatic rings. The van der Waals surface area contributed by atoms with Crippen LogP contribution in [-0.2, 0) is 0 Å². The van der Waals surface area contributed by atoms with E-state index in [1.54, 1.807) is 24.3 Å². The van der Waals surface area contributed by atoms with Crippen LogP contribution in [0.15, 0.2) is 24.3 Å². The zero-order valence-corrected chi connectivity index (χ0v) is 14.1. The van der Waals surface area contributed by atoms with Gasteiger partial charge in [0.1, 0.15) is 0 Å². The molecule has 0 unspecified atom stereocenters. The van der Waals surface area contributed by atoms with Crippen molar-refractivity contribution in [1.82, 2.24) is 15.5 Å². The van der Waals surface area contributed by atoms with Crippen LogP contribution in [0.4, 0.5) is 0 Å². The van der Waals surface area contributed by atoms with Gasteiger partial charge in [-0.25, -0.2) is 0 Å². The summed E-state index contributed by atoms with van der Waals surface area (Å²) in [6.45, 7) is 1.41. The minimum Gasteiger partial charge on any atom is -0.351 e. The fraction of sp³-hybridized carbons (Fsp3) is 0.556. The van der Waals surface area contributed by atoms with Crippen LogP contribution in [-0.4, -0.2) is 49.9 Å². The zero-order chi connectivity index (χ0) is 16.7. The molecule has 0 bridgehead atoms. The third kappa shape index (κ3) is 5.67. The minimum absolute atomic E-state index is 0.0449. The van der Waals surface area contributed by atoms with Crippen LogP contribution >= 0.6 is 0 Å². The Kier molecular flexibility index (Phi) is 6.59. The van der Waals surface area contributed by atoms with E-state index in [1.807, 2.05) is 19.0 Å². The van der Waals surface area contributed by atoms with E-state index in [0.717, 1.165) is 19.4 Å². The molecule has 2 N–H and O–H groups in total. The number of hydrogen-bond donors (Lipinski definition) is 2. The summed E-state index contributed by atoms with van der Waals surface area (Å²) in [5.74, 6) is -0.150. The van der Waals surface area contributed by atoms with E-state index in [9.17, 15) is 9.59 Å². The molecule has 2 amide bonds.